The van der Waals surface area contributed by atoms with Crippen LogP contribution in [0.5, 0.6) is 0 Å². The van der Waals surface area contributed by atoms with Gasteiger partial charge in [0.2, 0.25) is 5.95 Å². The second-order valence-corrected chi connectivity index (χ2v) is 7.23. The lowest BCUT2D eigenvalue weighted by molar-refractivity contribution is 0.191. The monoisotopic (exact) mass is 382 g/mol. The second-order valence-electron chi connectivity index (χ2n) is 7.23. The molecule has 4 heterocycles. The summed E-state index contributed by atoms with van der Waals surface area (Å²) in [6, 6.07) is 1.85. The zero-order valence-corrected chi connectivity index (χ0v) is 15.9. The third-order valence-electron chi connectivity index (χ3n) is 5.34. The Morgan fingerprint density at radius 3 is 2.57 bits per heavy atom. The van der Waals surface area contributed by atoms with E-state index in [0.29, 0.717) is 25.6 Å². The van der Waals surface area contributed by atoms with Crippen molar-refractivity contribution in [2.75, 3.05) is 55.6 Å². The van der Waals surface area contributed by atoms with Crippen LogP contribution in [0.1, 0.15) is 12.8 Å². The fraction of sp³-hybridized carbons (Fsp3) is 0.526. The van der Waals surface area contributed by atoms with E-state index in [1.165, 1.54) is 0 Å². The minimum Gasteiger partial charge on any atom is -0.352 e. The van der Waals surface area contributed by atoms with Crippen molar-refractivity contribution in [3.05, 3.63) is 37.1 Å². The Hall–Kier alpha value is -2.97. The summed E-state index contributed by atoms with van der Waals surface area (Å²) in [5.41, 5.74) is 0. The molecule has 1 N–H and O–H groups in total. The average Bonchev–Trinajstić information content (AvgIpc) is 2.79. The highest BCUT2D eigenvalue weighted by Crippen LogP contribution is 2.19. The van der Waals surface area contributed by atoms with Crippen LogP contribution in [0.3, 0.4) is 0 Å². The van der Waals surface area contributed by atoms with Crippen LogP contribution in [-0.2, 0) is 0 Å². The third-order valence-corrected chi connectivity index (χ3v) is 5.34. The Kier molecular flexibility index (Phi) is 5.79. The maximum Gasteiger partial charge on any atom is 0.317 e. The van der Waals surface area contributed by atoms with Crippen LogP contribution in [0.25, 0.3) is 0 Å². The van der Waals surface area contributed by atoms with Gasteiger partial charge in [0, 0.05) is 70.6 Å². The van der Waals surface area contributed by atoms with E-state index in [9.17, 15) is 4.79 Å². The van der Waals surface area contributed by atoms with Gasteiger partial charge in [0.1, 0.15) is 5.82 Å². The molecule has 2 amide bonds. The highest BCUT2D eigenvalue weighted by atomic mass is 16.2. The number of amides is 2. The van der Waals surface area contributed by atoms with Gasteiger partial charge in [0.15, 0.2) is 0 Å². The van der Waals surface area contributed by atoms with Gasteiger partial charge in [0.25, 0.3) is 0 Å². The number of piperidine rings is 1. The summed E-state index contributed by atoms with van der Waals surface area (Å²) >= 11 is 0. The number of rotatable bonds is 4. The van der Waals surface area contributed by atoms with E-state index in [4.69, 9.17) is 0 Å². The first kappa shape index (κ1) is 18.4. The van der Waals surface area contributed by atoms with Crippen molar-refractivity contribution in [1.29, 1.82) is 0 Å². The van der Waals surface area contributed by atoms with Gasteiger partial charge in [-0.05, 0) is 24.8 Å². The van der Waals surface area contributed by atoms with Crippen molar-refractivity contribution < 1.29 is 4.79 Å². The SMILES string of the molecule is O=C(NC[C@@H]1CCCN(c2ncccn2)C1)N1CCN(c2cnccn2)CC1. The molecule has 2 saturated heterocycles. The van der Waals surface area contributed by atoms with Gasteiger partial charge in [0.05, 0.1) is 6.20 Å². The van der Waals surface area contributed by atoms with E-state index in [1.807, 2.05) is 11.0 Å². The van der Waals surface area contributed by atoms with Crippen molar-refractivity contribution >= 4 is 17.8 Å². The smallest absolute Gasteiger partial charge is 0.317 e. The fourth-order valence-electron chi connectivity index (χ4n) is 3.80. The molecule has 2 fully saturated rings. The summed E-state index contributed by atoms with van der Waals surface area (Å²) in [7, 11) is 0. The van der Waals surface area contributed by atoms with Crippen LogP contribution in [-0.4, -0.2) is 76.7 Å². The Morgan fingerprint density at radius 2 is 1.82 bits per heavy atom. The number of hydrogen-bond donors (Lipinski definition) is 1. The summed E-state index contributed by atoms with van der Waals surface area (Å²) < 4.78 is 0. The molecule has 2 aromatic heterocycles. The van der Waals surface area contributed by atoms with Gasteiger partial charge in [-0.3, -0.25) is 4.98 Å². The number of nitrogens with zero attached hydrogens (tertiary/aromatic N) is 7. The van der Waals surface area contributed by atoms with Crippen LogP contribution in [0.4, 0.5) is 16.6 Å². The first-order chi connectivity index (χ1) is 13.8. The molecule has 0 unspecified atom stereocenters. The number of hydrogen-bond acceptors (Lipinski definition) is 7. The molecule has 4 rings (SSSR count). The fourth-order valence-corrected chi connectivity index (χ4v) is 3.80. The number of anilines is 2. The average molecular weight is 382 g/mol. The highest BCUT2D eigenvalue weighted by molar-refractivity contribution is 5.74. The van der Waals surface area contributed by atoms with E-state index in [1.54, 1.807) is 31.0 Å². The first-order valence-corrected chi connectivity index (χ1v) is 9.85. The molecule has 2 aliphatic rings. The number of nitrogens with one attached hydrogen (secondary N) is 1. The molecule has 0 saturated carbocycles. The highest BCUT2D eigenvalue weighted by Gasteiger charge is 2.25. The molecule has 1 atom stereocenters. The predicted octanol–water partition coefficient (Wildman–Crippen LogP) is 1.01. The first-order valence-electron chi connectivity index (χ1n) is 9.85. The standard InChI is InChI=1S/C19H26N8O/c28-19(26-11-9-25(10-12-26)17-14-20-6-7-21-17)24-13-16-3-1-8-27(15-16)18-22-4-2-5-23-18/h2,4-7,14,16H,1,3,8-13,15H2,(H,24,28)/t16-/m0/s1. The Labute approximate surface area is 164 Å². The lowest BCUT2D eigenvalue weighted by Gasteiger charge is -2.36. The Morgan fingerprint density at radius 1 is 1.00 bits per heavy atom. The van der Waals surface area contributed by atoms with Gasteiger partial charge in [-0.25, -0.2) is 19.7 Å². The van der Waals surface area contributed by atoms with Crippen LogP contribution in [0, 0.1) is 5.92 Å². The van der Waals surface area contributed by atoms with E-state index >= 15 is 0 Å². The second kappa shape index (κ2) is 8.81. The normalized spacial score (nSPS) is 20.1. The van der Waals surface area contributed by atoms with Crippen LogP contribution >= 0.6 is 0 Å². The predicted molar refractivity (Wildman–Crippen MR) is 106 cm³/mol. The van der Waals surface area contributed by atoms with Gasteiger partial charge in [-0.2, -0.15) is 0 Å². The van der Waals surface area contributed by atoms with Crippen molar-refractivity contribution in [3.63, 3.8) is 0 Å². The van der Waals surface area contributed by atoms with Crippen LogP contribution in [0.2, 0.25) is 0 Å². The molecule has 0 radical (unpaired) electrons. The summed E-state index contributed by atoms with van der Waals surface area (Å²) in [5, 5.41) is 3.12. The topological polar surface area (TPSA) is 90.4 Å². The zero-order chi connectivity index (χ0) is 19.2. The minimum absolute atomic E-state index is 0.0203. The van der Waals surface area contributed by atoms with Gasteiger partial charge >= 0.3 is 6.03 Å². The number of carbonyl (C=O) groups excluding carboxylic acids is 1. The molecule has 0 aliphatic carbocycles. The zero-order valence-electron chi connectivity index (χ0n) is 15.9. The molecule has 0 bridgehead atoms. The number of carbonyl (C=O) groups is 1. The van der Waals surface area contributed by atoms with Gasteiger partial charge in [-0.1, -0.05) is 0 Å². The molecular formula is C19H26N8O. The van der Waals surface area contributed by atoms with Gasteiger partial charge < -0.3 is 20.0 Å². The lowest BCUT2D eigenvalue weighted by Crippen LogP contribution is -2.53. The van der Waals surface area contributed by atoms with E-state index < -0.39 is 0 Å². The Bertz CT molecular complexity index is 751. The maximum absolute atomic E-state index is 12.6. The molecule has 2 aliphatic heterocycles. The Balaban J connectivity index is 1.22. The maximum atomic E-state index is 12.6. The van der Waals surface area contributed by atoms with E-state index in [2.05, 4.69) is 35.1 Å². The van der Waals surface area contributed by atoms with Gasteiger partial charge in [-0.15, -0.1) is 0 Å². The van der Waals surface area contributed by atoms with Crippen molar-refractivity contribution in [2.24, 2.45) is 5.92 Å². The number of piperazine rings is 1. The van der Waals surface area contributed by atoms with Crippen molar-refractivity contribution in [1.82, 2.24) is 30.2 Å². The molecule has 9 heteroatoms. The molecule has 0 spiro atoms. The quantitative estimate of drug-likeness (QED) is 0.844. The van der Waals surface area contributed by atoms with Crippen molar-refractivity contribution in [3.8, 4) is 0 Å². The van der Waals surface area contributed by atoms with Crippen molar-refractivity contribution in [2.45, 2.75) is 12.8 Å². The molecular weight excluding hydrogens is 356 g/mol. The summed E-state index contributed by atoms with van der Waals surface area (Å²) in [4.78, 5) is 35.9. The minimum atomic E-state index is 0.0203. The van der Waals surface area contributed by atoms with E-state index in [-0.39, 0.29) is 6.03 Å². The molecule has 2 aromatic rings. The van der Waals surface area contributed by atoms with E-state index in [0.717, 1.165) is 50.8 Å². The lowest BCUT2D eigenvalue weighted by atomic mass is 9.98. The molecule has 0 aromatic carbocycles. The van der Waals surface area contributed by atoms with Crippen LogP contribution < -0.4 is 15.1 Å². The molecule has 9 nitrogen and oxygen atoms in total. The van der Waals surface area contributed by atoms with Crippen LogP contribution in [0.15, 0.2) is 37.1 Å². The summed E-state index contributed by atoms with van der Waals surface area (Å²) in [5.74, 6) is 2.06. The molecule has 28 heavy (non-hydrogen) atoms. The molecule has 148 valence electrons. The third kappa shape index (κ3) is 4.47. The number of aromatic nitrogens is 4. The number of urea groups is 1. The summed E-state index contributed by atoms with van der Waals surface area (Å²) in [6.45, 7) is 5.47. The largest absolute Gasteiger partial charge is 0.352 e. The summed E-state index contributed by atoms with van der Waals surface area (Å²) in [6.07, 6.45) is 10.9.